The summed E-state index contributed by atoms with van der Waals surface area (Å²) in [5.74, 6) is 0.847. The first-order valence-electron chi connectivity index (χ1n) is 4.46. The highest BCUT2D eigenvalue weighted by Gasteiger charge is 2.12. The zero-order valence-electron chi connectivity index (χ0n) is 7.28. The molecule has 1 aliphatic rings. The van der Waals surface area contributed by atoms with Crippen molar-refractivity contribution in [2.45, 2.75) is 19.3 Å². The van der Waals surface area contributed by atoms with Crippen LogP contribution in [0.4, 0.5) is 5.82 Å². The molecule has 0 N–H and O–H groups in total. The van der Waals surface area contributed by atoms with E-state index >= 15 is 0 Å². The minimum absolute atomic E-state index is 0.225. The number of hydrogen-bond acceptors (Lipinski definition) is 4. The largest absolute Gasteiger partial charge is 0.355 e. The highest BCUT2D eigenvalue weighted by Crippen LogP contribution is 2.16. The van der Waals surface area contributed by atoms with Gasteiger partial charge in [0.05, 0.1) is 6.20 Å². The maximum Gasteiger partial charge on any atom is 0.244 e. The second kappa shape index (κ2) is 3.87. The van der Waals surface area contributed by atoms with Gasteiger partial charge in [0, 0.05) is 13.1 Å². The molecule has 0 unspecified atom stereocenters. The fourth-order valence-corrected chi connectivity index (χ4v) is 1.68. The Kier molecular flexibility index (Phi) is 2.59. The summed E-state index contributed by atoms with van der Waals surface area (Å²) in [7, 11) is 0. The molecule has 1 saturated heterocycles. The Morgan fingerprint density at radius 3 is 2.69 bits per heavy atom. The lowest BCUT2D eigenvalue weighted by molar-refractivity contribution is 0.571. The van der Waals surface area contributed by atoms with E-state index in [1.807, 2.05) is 0 Å². The van der Waals surface area contributed by atoms with Crippen LogP contribution in [-0.2, 0) is 0 Å². The van der Waals surface area contributed by atoms with Gasteiger partial charge >= 0.3 is 0 Å². The van der Waals surface area contributed by atoms with Gasteiger partial charge in [-0.1, -0.05) is 0 Å². The van der Waals surface area contributed by atoms with Crippen LogP contribution in [0.5, 0.6) is 0 Å². The number of aromatic nitrogens is 3. The van der Waals surface area contributed by atoms with Crippen molar-refractivity contribution in [3.8, 4) is 0 Å². The summed E-state index contributed by atoms with van der Waals surface area (Å²) in [4.78, 5) is 6.31. The number of rotatable bonds is 1. The first-order valence-corrected chi connectivity index (χ1v) is 4.84. The van der Waals surface area contributed by atoms with Crippen LogP contribution in [0.2, 0.25) is 5.28 Å². The average Bonchev–Trinajstić information content (AvgIpc) is 2.19. The third kappa shape index (κ3) is 2.06. The van der Waals surface area contributed by atoms with E-state index in [-0.39, 0.29) is 5.28 Å². The van der Waals surface area contributed by atoms with Crippen molar-refractivity contribution in [1.29, 1.82) is 0 Å². The van der Waals surface area contributed by atoms with Crippen LogP contribution in [0.25, 0.3) is 0 Å². The molecule has 0 atom stereocenters. The van der Waals surface area contributed by atoms with Crippen molar-refractivity contribution in [1.82, 2.24) is 15.2 Å². The maximum absolute atomic E-state index is 5.65. The molecule has 70 valence electrons. The Hall–Kier alpha value is -0.900. The lowest BCUT2D eigenvalue weighted by Gasteiger charge is -2.26. The Labute approximate surface area is 81.9 Å². The molecule has 1 fully saturated rings. The molecule has 0 aromatic carbocycles. The number of anilines is 1. The Bertz CT molecular complexity index is 285. The molecule has 4 nitrogen and oxygen atoms in total. The summed E-state index contributed by atoms with van der Waals surface area (Å²) in [6, 6.07) is 0. The zero-order valence-corrected chi connectivity index (χ0v) is 8.04. The first-order chi connectivity index (χ1) is 6.36. The van der Waals surface area contributed by atoms with Crippen molar-refractivity contribution >= 4 is 17.4 Å². The minimum atomic E-state index is 0.225. The number of nitrogens with zero attached hydrogens (tertiary/aromatic N) is 4. The molecule has 1 aromatic rings. The smallest absolute Gasteiger partial charge is 0.244 e. The summed E-state index contributed by atoms with van der Waals surface area (Å²) in [5, 5.41) is 7.61. The predicted molar refractivity (Wildman–Crippen MR) is 50.9 cm³/mol. The molecule has 2 rings (SSSR count). The Morgan fingerprint density at radius 2 is 2.00 bits per heavy atom. The minimum Gasteiger partial charge on any atom is -0.355 e. The Morgan fingerprint density at radius 1 is 1.23 bits per heavy atom. The lowest BCUT2D eigenvalue weighted by Crippen LogP contribution is -2.30. The van der Waals surface area contributed by atoms with E-state index < -0.39 is 0 Å². The fourth-order valence-electron chi connectivity index (χ4n) is 1.55. The second-order valence-corrected chi connectivity index (χ2v) is 3.47. The Balaban J connectivity index is 2.14. The van der Waals surface area contributed by atoms with Gasteiger partial charge in [-0.3, -0.25) is 0 Å². The monoisotopic (exact) mass is 198 g/mol. The van der Waals surface area contributed by atoms with Gasteiger partial charge in [-0.05, 0) is 30.9 Å². The molecule has 1 aliphatic heterocycles. The van der Waals surface area contributed by atoms with Gasteiger partial charge in [0.2, 0.25) is 5.28 Å². The van der Waals surface area contributed by atoms with Gasteiger partial charge in [-0.25, -0.2) is 0 Å². The van der Waals surface area contributed by atoms with Gasteiger partial charge in [0.25, 0.3) is 0 Å². The lowest BCUT2D eigenvalue weighted by atomic mass is 10.1. The van der Waals surface area contributed by atoms with Crippen LogP contribution >= 0.6 is 11.6 Å². The summed E-state index contributed by atoms with van der Waals surface area (Å²) < 4.78 is 0. The molecule has 13 heavy (non-hydrogen) atoms. The van der Waals surface area contributed by atoms with E-state index in [9.17, 15) is 0 Å². The van der Waals surface area contributed by atoms with Crippen LogP contribution in [-0.4, -0.2) is 28.3 Å². The fraction of sp³-hybridized carbons (Fsp3) is 0.625. The third-order valence-electron chi connectivity index (χ3n) is 2.20. The highest BCUT2D eigenvalue weighted by molar-refractivity contribution is 6.28. The summed E-state index contributed by atoms with van der Waals surface area (Å²) >= 11 is 5.65. The van der Waals surface area contributed by atoms with E-state index in [0.29, 0.717) is 0 Å². The molecule has 0 saturated carbocycles. The standard InChI is InChI=1S/C8H11ClN4/c9-8-11-7(6-10-12-8)13-4-2-1-3-5-13/h6H,1-5H2. The summed E-state index contributed by atoms with van der Waals surface area (Å²) in [5.41, 5.74) is 0. The van der Waals surface area contributed by atoms with Crippen LogP contribution in [0, 0.1) is 0 Å². The topological polar surface area (TPSA) is 41.9 Å². The first kappa shape index (κ1) is 8.69. The third-order valence-corrected chi connectivity index (χ3v) is 2.36. The SMILES string of the molecule is Clc1nncc(N2CCCCC2)n1. The number of halogens is 1. The molecule has 5 heteroatoms. The van der Waals surface area contributed by atoms with Gasteiger partial charge in [0.1, 0.15) is 0 Å². The molecule has 0 bridgehead atoms. The second-order valence-electron chi connectivity index (χ2n) is 3.13. The van der Waals surface area contributed by atoms with E-state index in [1.54, 1.807) is 6.20 Å². The zero-order chi connectivity index (χ0) is 9.10. The van der Waals surface area contributed by atoms with Crippen LogP contribution < -0.4 is 4.90 Å². The van der Waals surface area contributed by atoms with E-state index in [4.69, 9.17) is 11.6 Å². The van der Waals surface area contributed by atoms with E-state index in [1.165, 1.54) is 19.3 Å². The maximum atomic E-state index is 5.65. The molecule has 1 aromatic heterocycles. The average molecular weight is 199 g/mol. The molecule has 0 radical (unpaired) electrons. The summed E-state index contributed by atoms with van der Waals surface area (Å²) in [6.07, 6.45) is 5.42. The van der Waals surface area contributed by atoms with Crippen molar-refractivity contribution in [2.24, 2.45) is 0 Å². The van der Waals surface area contributed by atoms with Crippen LogP contribution in [0.15, 0.2) is 6.20 Å². The predicted octanol–water partition coefficient (Wildman–Crippen LogP) is 1.52. The van der Waals surface area contributed by atoms with Gasteiger partial charge in [-0.2, -0.15) is 10.1 Å². The normalized spacial score (nSPS) is 17.5. The van der Waals surface area contributed by atoms with Gasteiger partial charge < -0.3 is 4.90 Å². The van der Waals surface area contributed by atoms with E-state index in [0.717, 1.165) is 18.9 Å². The van der Waals surface area contributed by atoms with Crippen LogP contribution in [0.1, 0.15) is 19.3 Å². The highest BCUT2D eigenvalue weighted by atomic mass is 35.5. The van der Waals surface area contributed by atoms with Crippen molar-refractivity contribution in [2.75, 3.05) is 18.0 Å². The van der Waals surface area contributed by atoms with E-state index in [2.05, 4.69) is 20.1 Å². The van der Waals surface area contributed by atoms with Gasteiger partial charge in [-0.15, -0.1) is 5.10 Å². The van der Waals surface area contributed by atoms with Crippen molar-refractivity contribution in [3.63, 3.8) is 0 Å². The van der Waals surface area contributed by atoms with Crippen molar-refractivity contribution < 1.29 is 0 Å². The molecular weight excluding hydrogens is 188 g/mol. The molecule has 2 heterocycles. The quantitative estimate of drug-likeness (QED) is 0.686. The summed E-state index contributed by atoms with van der Waals surface area (Å²) in [6.45, 7) is 2.10. The molecule has 0 aliphatic carbocycles. The number of hydrogen-bond donors (Lipinski definition) is 0. The van der Waals surface area contributed by atoms with Crippen LogP contribution in [0.3, 0.4) is 0 Å². The molecule has 0 spiro atoms. The van der Waals surface area contributed by atoms with Gasteiger partial charge in [0.15, 0.2) is 5.82 Å². The number of piperidine rings is 1. The molecular formula is C8H11ClN4. The molecule has 0 amide bonds. The van der Waals surface area contributed by atoms with Crippen molar-refractivity contribution in [3.05, 3.63) is 11.5 Å².